The Hall–Kier alpha value is -2.73. The van der Waals surface area contributed by atoms with E-state index in [4.69, 9.17) is 0 Å². The molecule has 2 heterocycles. The van der Waals surface area contributed by atoms with E-state index in [-0.39, 0.29) is 16.8 Å². The van der Waals surface area contributed by atoms with Crippen LogP contribution in [0.2, 0.25) is 0 Å². The molecule has 0 aromatic heterocycles. The van der Waals surface area contributed by atoms with Gasteiger partial charge in [0.1, 0.15) is 0 Å². The molecule has 1 N–H and O–H groups in total. The second kappa shape index (κ2) is 9.39. The van der Waals surface area contributed by atoms with Crippen LogP contribution in [0, 0.1) is 0 Å². The molecule has 2 aliphatic heterocycles. The summed E-state index contributed by atoms with van der Waals surface area (Å²) in [6, 6.07) is 19.8. The molecule has 5 nitrogen and oxygen atoms in total. The maximum absolute atomic E-state index is 12.9. The molecular formula is C24H27N3O2S. The number of nitrogens with one attached hydrogen (secondary N) is 1. The summed E-state index contributed by atoms with van der Waals surface area (Å²) in [6.45, 7) is 2.63. The van der Waals surface area contributed by atoms with Gasteiger partial charge in [-0.3, -0.25) is 4.79 Å². The van der Waals surface area contributed by atoms with E-state index in [1.165, 1.54) is 0 Å². The van der Waals surface area contributed by atoms with Crippen LogP contribution in [0.1, 0.15) is 24.0 Å². The number of hydrogen-bond acceptors (Lipinski definition) is 3. The highest BCUT2D eigenvalue weighted by atomic mass is 32.2. The van der Waals surface area contributed by atoms with E-state index in [1.54, 1.807) is 6.08 Å². The largest absolute Gasteiger partial charge is 0.334 e. The maximum atomic E-state index is 12.9. The normalized spacial score (nSPS) is 18.1. The fourth-order valence-electron chi connectivity index (χ4n) is 4.10. The van der Waals surface area contributed by atoms with Crippen molar-refractivity contribution in [3.8, 4) is 0 Å². The van der Waals surface area contributed by atoms with Crippen LogP contribution in [-0.4, -0.2) is 52.0 Å². The van der Waals surface area contributed by atoms with E-state index in [9.17, 15) is 9.59 Å². The monoisotopic (exact) mass is 421 g/mol. The highest BCUT2D eigenvalue weighted by Gasteiger charge is 2.46. The Morgan fingerprint density at radius 3 is 2.33 bits per heavy atom. The van der Waals surface area contributed by atoms with Crippen LogP contribution in [0.4, 0.5) is 4.79 Å². The Morgan fingerprint density at radius 1 is 0.967 bits per heavy atom. The van der Waals surface area contributed by atoms with Crippen LogP contribution >= 0.6 is 11.8 Å². The first-order valence-corrected chi connectivity index (χ1v) is 11.4. The summed E-state index contributed by atoms with van der Waals surface area (Å²) in [5.74, 6) is 1.01. The lowest BCUT2D eigenvalue weighted by atomic mass is 10.0. The minimum absolute atomic E-state index is 0.0291. The minimum Gasteiger partial charge on any atom is -0.334 e. The van der Waals surface area contributed by atoms with Crippen LogP contribution in [0.5, 0.6) is 0 Å². The molecule has 3 amide bonds. The number of carbonyl (C=O) groups excluding carboxylic acids is 2. The number of amides is 3. The van der Waals surface area contributed by atoms with E-state index in [0.29, 0.717) is 19.6 Å². The van der Waals surface area contributed by atoms with Crippen molar-refractivity contribution in [2.75, 3.05) is 25.4 Å². The predicted octanol–water partition coefficient (Wildman–Crippen LogP) is 3.98. The van der Waals surface area contributed by atoms with Gasteiger partial charge in [0.05, 0.1) is 4.87 Å². The van der Waals surface area contributed by atoms with Crippen molar-refractivity contribution in [3.05, 3.63) is 77.9 Å². The predicted molar refractivity (Wildman–Crippen MR) is 122 cm³/mol. The molecule has 2 aromatic rings. The van der Waals surface area contributed by atoms with Crippen molar-refractivity contribution in [3.63, 3.8) is 0 Å². The second-order valence-corrected chi connectivity index (χ2v) is 9.12. The van der Waals surface area contributed by atoms with Gasteiger partial charge in [-0.2, -0.15) is 0 Å². The molecule has 6 heteroatoms. The van der Waals surface area contributed by atoms with Crippen molar-refractivity contribution in [1.82, 2.24) is 15.1 Å². The van der Waals surface area contributed by atoms with Crippen molar-refractivity contribution >= 4 is 29.8 Å². The smallest absolute Gasteiger partial charge is 0.317 e. The van der Waals surface area contributed by atoms with Gasteiger partial charge in [0, 0.05) is 38.0 Å². The van der Waals surface area contributed by atoms with Crippen LogP contribution in [0.3, 0.4) is 0 Å². The van der Waals surface area contributed by atoms with E-state index < -0.39 is 0 Å². The summed E-state index contributed by atoms with van der Waals surface area (Å²) >= 11 is 1.86. The average Bonchev–Trinajstić information content (AvgIpc) is 3.20. The lowest BCUT2D eigenvalue weighted by Crippen LogP contribution is -2.54. The van der Waals surface area contributed by atoms with Crippen molar-refractivity contribution in [1.29, 1.82) is 0 Å². The summed E-state index contributed by atoms with van der Waals surface area (Å²) < 4.78 is 0. The molecule has 0 saturated carbocycles. The zero-order valence-electron chi connectivity index (χ0n) is 17.0. The number of piperidine rings is 1. The van der Waals surface area contributed by atoms with Gasteiger partial charge in [-0.25, -0.2) is 4.79 Å². The Balaban J connectivity index is 1.32. The van der Waals surface area contributed by atoms with Gasteiger partial charge in [0.25, 0.3) is 0 Å². The van der Waals surface area contributed by atoms with Crippen LogP contribution < -0.4 is 5.32 Å². The number of urea groups is 1. The molecule has 30 heavy (non-hydrogen) atoms. The molecule has 0 atom stereocenters. The number of thioether (sulfide) groups is 1. The van der Waals surface area contributed by atoms with Crippen LogP contribution in [-0.2, 0) is 11.3 Å². The Bertz CT molecular complexity index is 893. The molecule has 0 aliphatic carbocycles. The quantitative estimate of drug-likeness (QED) is 0.760. The molecule has 4 rings (SSSR count). The number of likely N-dealkylation sites (tertiary alicyclic amines) is 1. The van der Waals surface area contributed by atoms with E-state index in [0.717, 1.165) is 36.3 Å². The van der Waals surface area contributed by atoms with Gasteiger partial charge in [-0.05, 0) is 30.0 Å². The van der Waals surface area contributed by atoms with Crippen molar-refractivity contribution in [2.45, 2.75) is 24.3 Å². The molecule has 2 saturated heterocycles. The molecule has 2 aliphatic rings. The molecule has 1 spiro atoms. The van der Waals surface area contributed by atoms with Crippen LogP contribution in [0.25, 0.3) is 6.08 Å². The van der Waals surface area contributed by atoms with Gasteiger partial charge < -0.3 is 15.1 Å². The molecule has 0 radical (unpaired) electrons. The lowest BCUT2D eigenvalue weighted by Gasteiger charge is -2.43. The number of carbonyl (C=O) groups is 2. The number of hydrogen-bond donors (Lipinski definition) is 1. The first-order chi connectivity index (χ1) is 14.7. The molecular weight excluding hydrogens is 394 g/mol. The Morgan fingerprint density at radius 2 is 1.63 bits per heavy atom. The molecule has 0 bridgehead atoms. The summed E-state index contributed by atoms with van der Waals surface area (Å²) in [6.07, 6.45) is 5.18. The first kappa shape index (κ1) is 20.5. The van der Waals surface area contributed by atoms with Gasteiger partial charge >= 0.3 is 6.03 Å². The highest BCUT2D eigenvalue weighted by molar-refractivity contribution is 8.00. The Labute approximate surface area is 182 Å². The minimum atomic E-state index is -0.186. The fourth-order valence-corrected chi connectivity index (χ4v) is 5.56. The third-order valence-electron chi connectivity index (χ3n) is 5.78. The zero-order valence-corrected chi connectivity index (χ0v) is 17.8. The maximum Gasteiger partial charge on any atom is 0.317 e. The van der Waals surface area contributed by atoms with Crippen molar-refractivity contribution < 1.29 is 9.59 Å². The second-order valence-electron chi connectivity index (χ2n) is 7.66. The molecule has 2 fully saturated rings. The third-order valence-corrected chi connectivity index (χ3v) is 7.33. The summed E-state index contributed by atoms with van der Waals surface area (Å²) in [4.78, 5) is 29.2. The van der Waals surface area contributed by atoms with Gasteiger partial charge in [-0.15, -0.1) is 11.8 Å². The fraction of sp³-hybridized carbons (Fsp3) is 0.333. The highest BCUT2D eigenvalue weighted by Crippen LogP contribution is 2.44. The Kier molecular flexibility index (Phi) is 6.43. The summed E-state index contributed by atoms with van der Waals surface area (Å²) in [5, 5.41) is 3.01. The van der Waals surface area contributed by atoms with Crippen molar-refractivity contribution in [2.24, 2.45) is 0 Å². The first-order valence-electron chi connectivity index (χ1n) is 10.4. The standard InChI is InChI=1S/C24H27N3O2S/c28-22(12-11-20-7-3-1-4-8-20)27-17-18-30-24(27)13-15-26(16-14-24)23(29)25-19-21-9-5-2-6-10-21/h1-12H,13-19H2,(H,25,29)/b12-11+. The van der Waals surface area contributed by atoms with Crippen LogP contribution in [0.15, 0.2) is 66.7 Å². The van der Waals surface area contributed by atoms with Gasteiger partial charge in [-0.1, -0.05) is 60.7 Å². The SMILES string of the molecule is O=C(NCc1ccccc1)N1CCC2(CC1)SCCN2C(=O)/C=C/c1ccccc1. The average molecular weight is 422 g/mol. The molecule has 156 valence electrons. The van der Waals surface area contributed by atoms with Gasteiger partial charge in [0.15, 0.2) is 0 Å². The summed E-state index contributed by atoms with van der Waals surface area (Å²) in [5.41, 5.74) is 2.12. The summed E-state index contributed by atoms with van der Waals surface area (Å²) in [7, 11) is 0. The lowest BCUT2D eigenvalue weighted by molar-refractivity contribution is -0.129. The van der Waals surface area contributed by atoms with E-state index in [1.807, 2.05) is 88.3 Å². The third kappa shape index (κ3) is 4.70. The van der Waals surface area contributed by atoms with E-state index >= 15 is 0 Å². The van der Waals surface area contributed by atoms with Gasteiger partial charge in [0.2, 0.25) is 5.91 Å². The molecule has 0 unspecified atom stereocenters. The number of nitrogens with zero attached hydrogens (tertiary/aromatic N) is 2. The topological polar surface area (TPSA) is 52.7 Å². The number of rotatable bonds is 4. The molecule has 2 aromatic carbocycles. The number of benzene rings is 2. The zero-order chi connectivity index (χ0) is 20.8. The van der Waals surface area contributed by atoms with E-state index in [2.05, 4.69) is 5.32 Å².